The van der Waals surface area contributed by atoms with Crippen molar-refractivity contribution in [1.29, 1.82) is 0 Å². The Bertz CT molecular complexity index is 1320. The third kappa shape index (κ3) is 4.24. The highest BCUT2D eigenvalue weighted by Gasteiger charge is 2.56. The van der Waals surface area contributed by atoms with E-state index in [0.29, 0.717) is 6.42 Å². The predicted octanol–water partition coefficient (Wildman–Crippen LogP) is 6.17. The molecule has 0 spiro atoms. The number of nitrogens with zero attached hydrogens (tertiary/aromatic N) is 2. The van der Waals surface area contributed by atoms with Crippen LogP contribution in [-0.4, -0.2) is 17.2 Å². The Labute approximate surface area is 209 Å². The van der Waals surface area contributed by atoms with Crippen LogP contribution in [0.3, 0.4) is 0 Å². The Morgan fingerprint density at radius 1 is 0.886 bits per heavy atom. The van der Waals surface area contributed by atoms with Gasteiger partial charge in [0.25, 0.3) is 0 Å². The summed E-state index contributed by atoms with van der Waals surface area (Å²) in [6, 6.07) is 27.2. The van der Waals surface area contributed by atoms with Crippen molar-refractivity contribution in [2.75, 3.05) is 4.90 Å². The van der Waals surface area contributed by atoms with Gasteiger partial charge in [-0.25, -0.2) is 4.39 Å². The Kier molecular flexibility index (Phi) is 7.08. The third-order valence-electron chi connectivity index (χ3n) is 6.66. The molecule has 0 saturated carbocycles. The lowest BCUT2D eigenvalue weighted by molar-refractivity contribution is -0.123. The van der Waals surface area contributed by atoms with E-state index in [1.807, 2.05) is 66.7 Å². The first kappa shape index (κ1) is 24.3. The molecular weight excluding hydrogens is 463 g/mol. The van der Waals surface area contributed by atoms with Crippen LogP contribution in [0.2, 0.25) is 0 Å². The van der Waals surface area contributed by atoms with Crippen LogP contribution >= 0.6 is 12.4 Å². The molecule has 1 amide bonds. The van der Waals surface area contributed by atoms with E-state index in [-0.39, 0.29) is 30.6 Å². The molecule has 1 aromatic heterocycles. The number of aldehydes is 1. The summed E-state index contributed by atoms with van der Waals surface area (Å²) in [6.45, 7) is 0. The van der Waals surface area contributed by atoms with Crippen molar-refractivity contribution in [2.24, 2.45) is 0 Å². The molecule has 35 heavy (non-hydrogen) atoms. The summed E-state index contributed by atoms with van der Waals surface area (Å²) >= 11 is 0. The average molecular weight is 487 g/mol. The fourth-order valence-corrected chi connectivity index (χ4v) is 5.17. The SMILES string of the molecule is Cl.O=CCC(c1ccc(F)cc1)C1(Cc2ccncc2)C(=O)N(c2ccccc2)c2ccccc21. The quantitative estimate of drug-likeness (QED) is 0.293. The zero-order valence-electron chi connectivity index (χ0n) is 18.9. The number of aromatic nitrogens is 1. The van der Waals surface area contributed by atoms with Gasteiger partial charge in [0, 0.05) is 30.4 Å². The molecule has 0 radical (unpaired) electrons. The molecule has 6 heteroatoms. The van der Waals surface area contributed by atoms with Gasteiger partial charge in [-0.1, -0.05) is 48.5 Å². The van der Waals surface area contributed by atoms with Gasteiger partial charge in [0.05, 0.1) is 11.1 Å². The number of benzene rings is 3. The fraction of sp³-hybridized carbons (Fsp3) is 0.138. The number of anilines is 2. The van der Waals surface area contributed by atoms with Crippen molar-refractivity contribution in [3.8, 4) is 0 Å². The molecule has 0 aliphatic carbocycles. The molecule has 0 bridgehead atoms. The average Bonchev–Trinajstić information content (AvgIpc) is 3.12. The molecule has 5 rings (SSSR count). The van der Waals surface area contributed by atoms with Gasteiger partial charge in [-0.05, 0) is 65.6 Å². The molecule has 176 valence electrons. The summed E-state index contributed by atoms with van der Waals surface area (Å²) in [7, 11) is 0. The van der Waals surface area contributed by atoms with Crippen LogP contribution in [0.1, 0.15) is 29.0 Å². The first-order chi connectivity index (χ1) is 16.6. The van der Waals surface area contributed by atoms with Crippen LogP contribution in [0, 0.1) is 5.82 Å². The van der Waals surface area contributed by atoms with Crippen molar-refractivity contribution < 1.29 is 14.0 Å². The number of carbonyl (C=O) groups is 2. The number of pyridine rings is 1. The van der Waals surface area contributed by atoms with Gasteiger partial charge in [0.2, 0.25) is 5.91 Å². The third-order valence-corrected chi connectivity index (χ3v) is 6.66. The standard InChI is InChI=1S/C29H23FN2O2.ClH/c30-23-12-10-22(11-13-23)25(16-19-33)29(20-21-14-17-31-18-15-21)26-8-4-5-9-27(26)32(28(29)34)24-6-2-1-3-7-24;/h1-15,17-19,25H,16,20H2;1H. The molecule has 4 aromatic rings. The summed E-state index contributed by atoms with van der Waals surface area (Å²) in [5, 5.41) is 0. The van der Waals surface area contributed by atoms with Crippen molar-refractivity contribution in [2.45, 2.75) is 24.2 Å². The first-order valence-corrected chi connectivity index (χ1v) is 11.2. The molecule has 0 fully saturated rings. The Morgan fingerprint density at radius 2 is 1.54 bits per heavy atom. The summed E-state index contributed by atoms with van der Waals surface area (Å²) in [5.41, 5.74) is 3.04. The maximum absolute atomic E-state index is 14.6. The number of hydrogen-bond donors (Lipinski definition) is 0. The van der Waals surface area contributed by atoms with Crippen molar-refractivity contribution in [1.82, 2.24) is 4.98 Å². The Morgan fingerprint density at radius 3 is 2.23 bits per heavy atom. The summed E-state index contributed by atoms with van der Waals surface area (Å²) in [6.07, 6.45) is 4.76. The van der Waals surface area contributed by atoms with E-state index >= 15 is 0 Å². The molecule has 3 aromatic carbocycles. The highest BCUT2D eigenvalue weighted by atomic mass is 35.5. The second-order valence-corrected chi connectivity index (χ2v) is 8.50. The highest BCUT2D eigenvalue weighted by Crippen LogP contribution is 2.54. The van der Waals surface area contributed by atoms with E-state index in [0.717, 1.165) is 34.4 Å². The number of hydrogen-bond acceptors (Lipinski definition) is 3. The van der Waals surface area contributed by atoms with E-state index in [1.54, 1.807) is 29.4 Å². The second kappa shape index (κ2) is 10.2. The zero-order valence-corrected chi connectivity index (χ0v) is 19.7. The van der Waals surface area contributed by atoms with E-state index in [2.05, 4.69) is 4.98 Å². The Hall–Kier alpha value is -3.83. The number of halogens is 2. The van der Waals surface area contributed by atoms with Crippen molar-refractivity contribution >= 4 is 36.0 Å². The molecular formula is C29H24ClFN2O2. The number of para-hydroxylation sites is 2. The molecule has 2 atom stereocenters. The number of fused-ring (bicyclic) bond motifs is 1. The minimum Gasteiger partial charge on any atom is -0.303 e. The van der Waals surface area contributed by atoms with Crippen LogP contribution in [0.25, 0.3) is 0 Å². The smallest absolute Gasteiger partial charge is 0.243 e. The van der Waals surface area contributed by atoms with Crippen LogP contribution in [0.5, 0.6) is 0 Å². The van der Waals surface area contributed by atoms with Crippen LogP contribution < -0.4 is 4.90 Å². The number of carbonyl (C=O) groups excluding carboxylic acids is 2. The predicted molar refractivity (Wildman–Crippen MR) is 137 cm³/mol. The van der Waals surface area contributed by atoms with Gasteiger partial charge >= 0.3 is 0 Å². The first-order valence-electron chi connectivity index (χ1n) is 11.2. The van der Waals surface area contributed by atoms with Gasteiger partial charge in [0.1, 0.15) is 12.1 Å². The van der Waals surface area contributed by atoms with Gasteiger partial charge in [-0.2, -0.15) is 0 Å². The van der Waals surface area contributed by atoms with Gasteiger partial charge in [0.15, 0.2) is 0 Å². The van der Waals surface area contributed by atoms with Crippen molar-refractivity contribution in [3.63, 3.8) is 0 Å². The summed E-state index contributed by atoms with van der Waals surface area (Å²) < 4.78 is 13.8. The molecule has 2 unspecified atom stereocenters. The van der Waals surface area contributed by atoms with E-state index in [9.17, 15) is 14.0 Å². The lowest BCUT2D eigenvalue weighted by Crippen LogP contribution is -2.45. The molecule has 2 heterocycles. The van der Waals surface area contributed by atoms with Gasteiger partial charge in [-0.15, -0.1) is 12.4 Å². The largest absolute Gasteiger partial charge is 0.303 e. The number of amides is 1. The van der Waals surface area contributed by atoms with Gasteiger partial charge in [-0.3, -0.25) is 14.7 Å². The normalized spacial score (nSPS) is 17.4. The minimum absolute atomic E-state index is 0. The molecule has 0 saturated heterocycles. The topological polar surface area (TPSA) is 50.3 Å². The number of rotatable bonds is 7. The molecule has 4 nitrogen and oxygen atoms in total. The lowest BCUT2D eigenvalue weighted by atomic mass is 9.64. The summed E-state index contributed by atoms with van der Waals surface area (Å²) in [4.78, 5) is 32.4. The molecule has 1 aliphatic rings. The van der Waals surface area contributed by atoms with Crippen LogP contribution in [0.15, 0.2) is 103 Å². The fourth-order valence-electron chi connectivity index (χ4n) is 5.17. The zero-order chi connectivity index (χ0) is 23.5. The second-order valence-electron chi connectivity index (χ2n) is 8.50. The maximum Gasteiger partial charge on any atom is 0.243 e. The maximum atomic E-state index is 14.6. The van der Waals surface area contributed by atoms with Gasteiger partial charge < -0.3 is 4.79 Å². The lowest BCUT2D eigenvalue weighted by Gasteiger charge is -2.37. The van der Waals surface area contributed by atoms with E-state index in [1.165, 1.54) is 12.1 Å². The van der Waals surface area contributed by atoms with E-state index < -0.39 is 11.3 Å². The molecule has 0 N–H and O–H groups in total. The van der Waals surface area contributed by atoms with Crippen LogP contribution in [-0.2, 0) is 21.4 Å². The monoisotopic (exact) mass is 486 g/mol. The van der Waals surface area contributed by atoms with E-state index in [4.69, 9.17) is 0 Å². The van der Waals surface area contributed by atoms with Crippen molar-refractivity contribution in [3.05, 3.63) is 126 Å². The minimum atomic E-state index is -1.06. The Balaban J connectivity index is 0.00000289. The summed E-state index contributed by atoms with van der Waals surface area (Å²) in [5.74, 6) is -0.949. The highest BCUT2D eigenvalue weighted by molar-refractivity contribution is 6.14. The molecule has 1 aliphatic heterocycles. The van der Waals surface area contributed by atoms with Crippen LogP contribution in [0.4, 0.5) is 15.8 Å².